The Morgan fingerprint density at radius 1 is 1.05 bits per heavy atom. The summed E-state index contributed by atoms with van der Waals surface area (Å²) in [6, 6.07) is 17.6. The molecule has 0 radical (unpaired) electrons. The maximum absolute atomic E-state index is 15.0. The minimum Gasteiger partial charge on any atom is -0.490 e. The van der Waals surface area contributed by atoms with Crippen LogP contribution in [0.15, 0.2) is 84.2 Å². The molecule has 1 atom stereocenters. The fourth-order valence-corrected chi connectivity index (χ4v) is 8.57. The number of benzene rings is 3. The number of rotatable bonds is 10. The van der Waals surface area contributed by atoms with E-state index in [1.807, 2.05) is 35.2 Å². The van der Waals surface area contributed by atoms with Crippen LogP contribution in [-0.2, 0) is 16.9 Å². The van der Waals surface area contributed by atoms with Crippen molar-refractivity contribution in [2.24, 2.45) is 0 Å². The minimum absolute atomic E-state index is 0.00766. The van der Waals surface area contributed by atoms with Gasteiger partial charge in [0.2, 0.25) is 0 Å². The number of nitrogens with zero attached hydrogens (tertiary/aromatic N) is 7. The Morgan fingerprint density at radius 2 is 1.84 bits per heavy atom. The molecule has 6 aromatic rings. The Kier molecular flexibility index (Phi) is 10.2. The molecule has 294 valence electrons. The highest BCUT2D eigenvalue weighted by atomic mass is 32.1. The first-order chi connectivity index (χ1) is 27.5. The summed E-state index contributed by atoms with van der Waals surface area (Å²) in [6.07, 6.45) is 3.58. The molecule has 3 aromatic heterocycles. The molecule has 0 bridgehead atoms. The lowest BCUT2D eigenvalue weighted by Crippen LogP contribution is -2.50. The Balaban J connectivity index is 1.06. The van der Waals surface area contributed by atoms with Crippen molar-refractivity contribution in [1.29, 1.82) is 0 Å². The first kappa shape index (κ1) is 37.7. The van der Waals surface area contributed by atoms with Gasteiger partial charge in [-0.2, -0.15) is 5.10 Å². The number of aliphatic hydroxyl groups is 1. The van der Waals surface area contributed by atoms with Gasteiger partial charge in [0.25, 0.3) is 11.5 Å². The number of amides is 1. The van der Waals surface area contributed by atoms with E-state index in [1.165, 1.54) is 35.1 Å². The molecule has 4 N–H and O–H groups in total. The highest BCUT2D eigenvalue weighted by Crippen LogP contribution is 2.39. The smallest absolute Gasteiger partial charge is 0.341 e. The second-order valence-electron chi connectivity index (χ2n) is 13.8. The lowest BCUT2D eigenvalue weighted by Gasteiger charge is -2.38. The molecule has 2 aliphatic rings. The van der Waals surface area contributed by atoms with E-state index < -0.39 is 34.7 Å². The Labute approximate surface area is 327 Å². The summed E-state index contributed by atoms with van der Waals surface area (Å²) in [5, 5.41) is 18.9. The number of fused-ring (bicyclic) bond motifs is 2. The number of aromatic nitrogens is 5. The third-order valence-corrected chi connectivity index (χ3v) is 11.3. The number of thiophene rings is 1. The van der Waals surface area contributed by atoms with Crippen LogP contribution in [-0.4, -0.2) is 92.1 Å². The summed E-state index contributed by atoms with van der Waals surface area (Å²) >= 11 is 0.914. The molecular formula is C39H37F2N9O6S. The zero-order chi connectivity index (χ0) is 39.8. The maximum Gasteiger partial charge on any atom is 0.341 e. The normalized spacial score (nSPS) is 15.8. The largest absolute Gasteiger partial charge is 0.490 e. The first-order valence-electron chi connectivity index (χ1n) is 18.1. The highest BCUT2D eigenvalue weighted by Gasteiger charge is 2.37. The van der Waals surface area contributed by atoms with Crippen molar-refractivity contribution < 1.29 is 33.0 Å². The lowest BCUT2D eigenvalue weighted by molar-refractivity contribution is -0.0271. The number of piperidine rings is 1. The van der Waals surface area contributed by atoms with E-state index in [4.69, 9.17) is 15.2 Å². The van der Waals surface area contributed by atoms with Crippen LogP contribution >= 0.6 is 11.3 Å². The van der Waals surface area contributed by atoms with Crippen LogP contribution < -0.4 is 26.2 Å². The number of hydrogen-bond donors (Lipinski definition) is 3. The Hall–Kier alpha value is -6.24. The van der Waals surface area contributed by atoms with Gasteiger partial charge in [-0.25, -0.2) is 28.2 Å². The number of carbonyl (C=O) groups excluding carboxylic acids is 2. The summed E-state index contributed by atoms with van der Waals surface area (Å²) in [6.45, 7) is 1.66. The van der Waals surface area contributed by atoms with Gasteiger partial charge >= 0.3 is 5.97 Å². The van der Waals surface area contributed by atoms with Crippen LogP contribution in [0.25, 0.3) is 16.0 Å². The average Bonchev–Trinajstić information content (AvgIpc) is 3.86. The number of nitrogens with one attached hydrogen (secondary N) is 1. The minimum atomic E-state index is -1.79. The highest BCUT2D eigenvalue weighted by molar-refractivity contribution is 7.20. The summed E-state index contributed by atoms with van der Waals surface area (Å²) in [4.78, 5) is 53.8. The van der Waals surface area contributed by atoms with E-state index in [0.29, 0.717) is 56.2 Å². The second kappa shape index (κ2) is 15.4. The number of nitrogen functional groups attached to an aromatic ring is 1. The molecular weight excluding hydrogens is 761 g/mol. The molecule has 1 fully saturated rings. The van der Waals surface area contributed by atoms with Gasteiger partial charge in [0.1, 0.15) is 63.0 Å². The molecule has 5 heterocycles. The van der Waals surface area contributed by atoms with Gasteiger partial charge in [0.05, 0.1) is 31.6 Å². The van der Waals surface area contributed by atoms with Gasteiger partial charge in [-0.05, 0) is 49.2 Å². The number of para-hydroxylation sites is 1. The van der Waals surface area contributed by atoms with Crippen LogP contribution in [0.2, 0.25) is 0 Å². The van der Waals surface area contributed by atoms with Crippen LogP contribution in [0.4, 0.5) is 26.0 Å². The van der Waals surface area contributed by atoms with Crippen LogP contribution in [0, 0.1) is 11.6 Å². The van der Waals surface area contributed by atoms with Gasteiger partial charge in [-0.3, -0.25) is 19.1 Å². The number of anilines is 3. The molecule has 15 nitrogen and oxygen atoms in total. The number of esters is 1. The van der Waals surface area contributed by atoms with Crippen molar-refractivity contribution in [3.8, 4) is 11.4 Å². The molecule has 3 aromatic carbocycles. The monoisotopic (exact) mass is 797 g/mol. The maximum atomic E-state index is 15.0. The van der Waals surface area contributed by atoms with Crippen molar-refractivity contribution in [1.82, 2.24) is 34.5 Å². The van der Waals surface area contributed by atoms with Crippen LogP contribution in [0.3, 0.4) is 0 Å². The van der Waals surface area contributed by atoms with Crippen molar-refractivity contribution in [2.75, 3.05) is 50.5 Å². The zero-order valence-electron chi connectivity index (χ0n) is 30.6. The molecule has 1 saturated heterocycles. The Bertz CT molecular complexity index is 2530. The van der Waals surface area contributed by atoms with Crippen molar-refractivity contribution in [3.05, 3.63) is 117 Å². The lowest BCUT2D eigenvalue weighted by atomic mass is 9.91. The number of likely N-dealkylation sites (tertiary alicyclic amines) is 1. The standard InChI is InChI=1S/C39H37F2N9O6S/c1-55-38(53)31-32-36(46-34(42)37(52)50(32)26-8-10-30-29(18-26)49(15-16-56-30)25-5-3-2-4-6-25)57-33(31)35(51)45-24-11-13-47(14-12-24)19-39(54,20-48-22-43-21-44-48)27-9-7-23(40)17-28(27)41/h2-10,17-18,21-22,24,54H,11-16,19-20H2,1H3,(H2,42,46)(H,45,51). The van der Waals surface area contributed by atoms with Gasteiger partial charge in [-0.15, -0.1) is 11.3 Å². The third kappa shape index (κ3) is 7.29. The predicted molar refractivity (Wildman–Crippen MR) is 207 cm³/mol. The number of hydrogen-bond acceptors (Lipinski definition) is 13. The summed E-state index contributed by atoms with van der Waals surface area (Å²) < 4.78 is 42.6. The molecule has 8 rings (SSSR count). The average molecular weight is 798 g/mol. The number of methoxy groups -OCH3 is 1. The van der Waals surface area contributed by atoms with Crippen LogP contribution in [0.5, 0.6) is 5.75 Å². The van der Waals surface area contributed by atoms with Crippen molar-refractivity contribution in [2.45, 2.75) is 31.0 Å². The quantitative estimate of drug-likeness (QED) is 0.170. The molecule has 18 heteroatoms. The molecule has 57 heavy (non-hydrogen) atoms. The van der Waals surface area contributed by atoms with Gasteiger partial charge in [0, 0.05) is 43.0 Å². The number of nitrogens with two attached hydrogens (primary N) is 1. The molecule has 0 saturated carbocycles. The second-order valence-corrected chi connectivity index (χ2v) is 14.8. The van der Waals surface area contributed by atoms with Crippen molar-refractivity contribution >= 4 is 50.8 Å². The number of ether oxygens (including phenoxy) is 2. The van der Waals surface area contributed by atoms with E-state index in [-0.39, 0.29) is 51.3 Å². The van der Waals surface area contributed by atoms with Gasteiger partial charge in [-0.1, -0.05) is 24.3 Å². The summed E-state index contributed by atoms with van der Waals surface area (Å²) in [7, 11) is 1.19. The Morgan fingerprint density at radius 3 is 2.56 bits per heavy atom. The van der Waals surface area contributed by atoms with Crippen LogP contribution in [0.1, 0.15) is 38.4 Å². The molecule has 1 amide bonds. The SMILES string of the molecule is COC(=O)c1c(C(=O)NC2CCN(CC(O)(Cn3cncn3)c3ccc(F)cc3F)CC2)sc2nc(N)c(=O)n(-c3ccc4c(c3)N(c3ccccc3)CCO4)c12. The summed E-state index contributed by atoms with van der Waals surface area (Å²) in [5.41, 5.74) is 5.54. The fourth-order valence-electron chi connectivity index (χ4n) is 7.51. The third-order valence-electron chi connectivity index (χ3n) is 10.2. The number of β-amino-alcohol motifs (C(OH)–C–C–N with tert-alkyl or cyclic N) is 1. The topological polar surface area (TPSA) is 183 Å². The van der Waals surface area contributed by atoms with E-state index in [0.717, 1.165) is 29.2 Å². The molecule has 0 spiro atoms. The van der Waals surface area contributed by atoms with E-state index in [9.17, 15) is 23.9 Å². The first-order valence-corrected chi connectivity index (χ1v) is 18.9. The van der Waals surface area contributed by atoms with Gasteiger partial charge < -0.3 is 30.5 Å². The van der Waals surface area contributed by atoms with Crippen molar-refractivity contribution in [3.63, 3.8) is 0 Å². The zero-order valence-corrected chi connectivity index (χ0v) is 31.4. The number of carbonyl (C=O) groups is 2. The van der Waals surface area contributed by atoms with E-state index in [2.05, 4.69) is 25.3 Å². The molecule has 0 aliphatic carbocycles. The van der Waals surface area contributed by atoms with E-state index >= 15 is 4.39 Å². The van der Waals surface area contributed by atoms with E-state index in [1.54, 1.807) is 18.2 Å². The summed E-state index contributed by atoms with van der Waals surface area (Å²) in [5.74, 6) is -2.78. The molecule has 2 aliphatic heterocycles. The molecule has 1 unspecified atom stereocenters. The fraction of sp³-hybridized carbons (Fsp3) is 0.282. The van der Waals surface area contributed by atoms with Gasteiger partial charge in [0.15, 0.2) is 5.82 Å². The number of halogens is 2. The predicted octanol–water partition coefficient (Wildman–Crippen LogP) is 4.00.